The molecule has 0 atom stereocenters. The number of nitrogens with one attached hydrogen (secondary N) is 1. The second-order valence-electron chi connectivity index (χ2n) is 5.27. The molecular formula is C22H20ClN. The number of hydrogen-bond donors (Lipinski definition) is 1. The first-order valence-corrected chi connectivity index (χ1v) is 7.86. The van der Waals surface area contributed by atoms with Gasteiger partial charge in [0.05, 0.1) is 0 Å². The minimum absolute atomic E-state index is 0. The van der Waals surface area contributed by atoms with E-state index in [-0.39, 0.29) is 12.4 Å². The van der Waals surface area contributed by atoms with Crippen LogP contribution in [0.3, 0.4) is 0 Å². The van der Waals surface area contributed by atoms with Gasteiger partial charge in [0.2, 0.25) is 0 Å². The summed E-state index contributed by atoms with van der Waals surface area (Å²) in [6, 6.07) is 17.0. The summed E-state index contributed by atoms with van der Waals surface area (Å²) in [6.45, 7) is 0. The fourth-order valence-electron chi connectivity index (χ4n) is 2.59. The van der Waals surface area contributed by atoms with Crippen molar-refractivity contribution >= 4 is 12.4 Å². The monoisotopic (exact) mass is 333 g/mol. The molecule has 2 aromatic carbocycles. The smallest absolute Gasteiger partial charge is 0.0323 e. The highest BCUT2D eigenvalue weighted by Gasteiger charge is 2.08. The molecule has 0 saturated carbocycles. The molecule has 1 aliphatic heterocycles. The Labute approximate surface area is 150 Å². The van der Waals surface area contributed by atoms with Crippen molar-refractivity contribution in [1.82, 2.24) is 5.32 Å². The average molecular weight is 334 g/mol. The highest BCUT2D eigenvalue weighted by atomic mass is 35.5. The number of hydrogen-bond acceptors (Lipinski definition) is 1. The molecule has 2 aliphatic rings. The lowest BCUT2D eigenvalue weighted by atomic mass is 9.92. The van der Waals surface area contributed by atoms with Gasteiger partial charge < -0.3 is 5.32 Å². The lowest BCUT2D eigenvalue weighted by Gasteiger charge is -2.12. The summed E-state index contributed by atoms with van der Waals surface area (Å²) in [5.41, 5.74) is 5.16. The zero-order valence-electron chi connectivity index (χ0n) is 13.4. The van der Waals surface area contributed by atoms with Gasteiger partial charge in [-0.1, -0.05) is 66.5 Å². The minimum atomic E-state index is 0. The van der Waals surface area contributed by atoms with Crippen LogP contribution in [0.15, 0.2) is 85.2 Å². The van der Waals surface area contributed by atoms with Crippen molar-refractivity contribution in [1.29, 1.82) is 0 Å². The third-order valence-electron chi connectivity index (χ3n) is 3.70. The van der Waals surface area contributed by atoms with Crippen LogP contribution in [-0.2, 0) is 6.42 Å². The Bertz CT molecular complexity index is 805. The maximum atomic E-state index is 3.26. The molecule has 24 heavy (non-hydrogen) atoms. The summed E-state index contributed by atoms with van der Waals surface area (Å²) in [7, 11) is 0. The van der Waals surface area contributed by atoms with Gasteiger partial charge in [-0.2, -0.15) is 0 Å². The number of rotatable bonds is 0. The van der Waals surface area contributed by atoms with Gasteiger partial charge in [0, 0.05) is 24.4 Å². The van der Waals surface area contributed by atoms with E-state index in [9.17, 15) is 0 Å². The normalized spacial score (nSPS) is 13.0. The Morgan fingerprint density at radius 1 is 0.750 bits per heavy atom. The molecule has 1 heterocycles. The fourth-order valence-corrected chi connectivity index (χ4v) is 2.59. The van der Waals surface area contributed by atoms with Crippen molar-refractivity contribution in [2.75, 3.05) is 0 Å². The van der Waals surface area contributed by atoms with Crippen LogP contribution in [0.25, 0.3) is 11.1 Å². The second kappa shape index (κ2) is 9.45. The number of aryl methyl sites for hydroxylation is 1. The Morgan fingerprint density at radius 2 is 1.42 bits per heavy atom. The highest BCUT2D eigenvalue weighted by Crippen LogP contribution is 2.28. The van der Waals surface area contributed by atoms with Gasteiger partial charge in [-0.05, 0) is 41.3 Å². The minimum Gasteiger partial charge on any atom is -0.368 e. The molecule has 120 valence electrons. The third-order valence-corrected chi connectivity index (χ3v) is 3.70. The molecular weight excluding hydrogens is 314 g/mol. The van der Waals surface area contributed by atoms with Gasteiger partial charge in [-0.15, -0.1) is 12.4 Å². The number of allylic oxidation sites excluding steroid dienone is 4. The zero-order valence-corrected chi connectivity index (χ0v) is 14.2. The first-order valence-electron chi connectivity index (χ1n) is 7.86. The van der Waals surface area contributed by atoms with Crippen LogP contribution in [-0.4, -0.2) is 0 Å². The molecule has 1 aliphatic carbocycles. The predicted molar refractivity (Wildman–Crippen MR) is 105 cm³/mol. The fraction of sp³-hybridized carbons (Fsp3) is 0.0909. The van der Waals surface area contributed by atoms with E-state index in [0.717, 1.165) is 18.4 Å². The number of benzene rings is 2. The molecule has 0 aromatic heterocycles. The van der Waals surface area contributed by atoms with Gasteiger partial charge in [0.15, 0.2) is 0 Å². The van der Waals surface area contributed by atoms with Crippen LogP contribution < -0.4 is 5.32 Å². The Morgan fingerprint density at radius 3 is 2.21 bits per heavy atom. The Balaban J connectivity index is 0.000000222. The zero-order chi connectivity index (χ0) is 15.7. The number of fused-ring (bicyclic) bond motifs is 3. The van der Waals surface area contributed by atoms with Gasteiger partial charge in [-0.3, -0.25) is 0 Å². The molecule has 0 saturated heterocycles. The molecule has 0 radical (unpaired) electrons. The van der Waals surface area contributed by atoms with Crippen molar-refractivity contribution in [3.05, 3.63) is 96.4 Å². The lowest BCUT2D eigenvalue weighted by molar-refractivity contribution is 1.03. The predicted octanol–water partition coefficient (Wildman–Crippen LogP) is 5.25. The standard InChI is InChI=1S/C16H12.C6H7N.ClH/c1-2-8-14-10-4-6-12-16(14)15-11-5-3-9-13(15)7-1;1-2-4-6-7-5-3-1;/h3-6,9-12H,1,7H2;1-7H;1H. The van der Waals surface area contributed by atoms with Crippen LogP contribution in [0.4, 0.5) is 0 Å². The second-order valence-corrected chi connectivity index (χ2v) is 5.27. The van der Waals surface area contributed by atoms with E-state index in [4.69, 9.17) is 0 Å². The SMILES string of the molecule is C1#Cc2ccccc2-c2ccccc2CC1.C1=CC=CNC=C1.Cl. The van der Waals surface area contributed by atoms with Crippen LogP contribution in [0, 0.1) is 11.8 Å². The van der Waals surface area contributed by atoms with Gasteiger partial charge >= 0.3 is 0 Å². The van der Waals surface area contributed by atoms with E-state index in [0.29, 0.717) is 0 Å². The average Bonchev–Trinajstić information content (AvgIpc) is 2.91. The van der Waals surface area contributed by atoms with Crippen molar-refractivity contribution in [2.45, 2.75) is 12.8 Å². The highest BCUT2D eigenvalue weighted by molar-refractivity contribution is 5.85. The van der Waals surface area contributed by atoms with Crippen LogP contribution in [0.1, 0.15) is 17.5 Å². The molecule has 0 bridgehead atoms. The third kappa shape index (κ3) is 4.65. The van der Waals surface area contributed by atoms with Gasteiger partial charge in [0.1, 0.15) is 0 Å². The van der Waals surface area contributed by atoms with E-state index in [1.54, 1.807) is 0 Å². The van der Waals surface area contributed by atoms with Crippen molar-refractivity contribution in [3.8, 4) is 23.0 Å². The maximum absolute atomic E-state index is 3.26. The van der Waals surface area contributed by atoms with E-state index in [1.807, 2.05) is 36.7 Å². The lowest BCUT2D eigenvalue weighted by Crippen LogP contribution is -1.94. The van der Waals surface area contributed by atoms with Crippen molar-refractivity contribution in [3.63, 3.8) is 0 Å². The summed E-state index contributed by atoms with van der Waals surface area (Å²) in [6.07, 6.45) is 13.6. The van der Waals surface area contributed by atoms with E-state index < -0.39 is 0 Å². The molecule has 0 fully saturated rings. The van der Waals surface area contributed by atoms with Crippen LogP contribution >= 0.6 is 12.4 Å². The van der Waals surface area contributed by atoms with Gasteiger partial charge in [0.25, 0.3) is 0 Å². The first kappa shape index (κ1) is 17.7. The summed E-state index contributed by atoms with van der Waals surface area (Å²) in [4.78, 5) is 0. The summed E-state index contributed by atoms with van der Waals surface area (Å²) in [5, 5.41) is 2.92. The summed E-state index contributed by atoms with van der Waals surface area (Å²) in [5.74, 6) is 6.49. The Kier molecular flexibility index (Phi) is 6.95. The van der Waals surface area contributed by atoms with Crippen LogP contribution in [0.2, 0.25) is 0 Å². The molecule has 0 spiro atoms. The van der Waals surface area contributed by atoms with E-state index in [2.05, 4.69) is 65.7 Å². The van der Waals surface area contributed by atoms with Gasteiger partial charge in [-0.25, -0.2) is 0 Å². The summed E-state index contributed by atoms with van der Waals surface area (Å²) >= 11 is 0. The largest absolute Gasteiger partial charge is 0.368 e. The first-order chi connectivity index (χ1) is 11.4. The van der Waals surface area contributed by atoms with Crippen LogP contribution in [0.5, 0.6) is 0 Å². The number of halogens is 1. The molecule has 0 unspecified atom stereocenters. The quantitative estimate of drug-likeness (QED) is 0.649. The molecule has 2 aromatic rings. The molecule has 0 amide bonds. The summed E-state index contributed by atoms with van der Waals surface area (Å²) < 4.78 is 0. The topological polar surface area (TPSA) is 12.0 Å². The van der Waals surface area contributed by atoms with E-state index in [1.165, 1.54) is 16.7 Å². The van der Waals surface area contributed by atoms with Crippen molar-refractivity contribution in [2.24, 2.45) is 0 Å². The molecule has 2 heteroatoms. The van der Waals surface area contributed by atoms with E-state index >= 15 is 0 Å². The maximum Gasteiger partial charge on any atom is 0.0323 e. The molecule has 4 rings (SSSR count). The Hall–Kier alpha value is -2.69. The molecule has 1 N–H and O–H groups in total. The molecule has 1 nitrogen and oxygen atoms in total. The van der Waals surface area contributed by atoms with Crippen molar-refractivity contribution < 1.29 is 0 Å².